The maximum atomic E-state index is 13.6. The van der Waals surface area contributed by atoms with Crippen LogP contribution >= 0.6 is 15.9 Å². The summed E-state index contributed by atoms with van der Waals surface area (Å²) < 4.78 is 1.05. The zero-order chi connectivity index (χ0) is 21.8. The van der Waals surface area contributed by atoms with E-state index in [1.54, 1.807) is 6.08 Å². The van der Waals surface area contributed by atoms with Crippen molar-refractivity contribution in [3.63, 3.8) is 0 Å². The first-order chi connectivity index (χ1) is 15.0. The van der Waals surface area contributed by atoms with Gasteiger partial charge in [0.05, 0.1) is 6.04 Å². The van der Waals surface area contributed by atoms with E-state index in [1.165, 1.54) is 0 Å². The molecular formula is C26H25BrN2O2. The van der Waals surface area contributed by atoms with E-state index in [4.69, 9.17) is 0 Å². The molecule has 6 rings (SSSR count). The number of nitrogens with zero attached hydrogens (tertiary/aromatic N) is 1. The molecule has 1 N–H and O–H groups in total. The number of halogens is 1. The lowest BCUT2D eigenvalue weighted by Crippen LogP contribution is -2.55. The number of fused-ring (bicyclic) bond motifs is 1. The fraction of sp³-hybridized carbons (Fsp3) is 0.308. The van der Waals surface area contributed by atoms with Gasteiger partial charge in [0.1, 0.15) is 5.54 Å². The summed E-state index contributed by atoms with van der Waals surface area (Å²) in [4.78, 5) is 28.3. The molecule has 3 atom stereocenters. The van der Waals surface area contributed by atoms with Crippen LogP contribution in [0.2, 0.25) is 0 Å². The van der Waals surface area contributed by atoms with Crippen molar-refractivity contribution in [2.45, 2.75) is 38.3 Å². The Morgan fingerprint density at radius 3 is 2.84 bits per heavy atom. The number of carbonyl (C=O) groups excluding carboxylic acids is 2. The maximum absolute atomic E-state index is 13.6. The summed E-state index contributed by atoms with van der Waals surface area (Å²) in [7, 11) is 0. The van der Waals surface area contributed by atoms with E-state index in [9.17, 15) is 9.59 Å². The molecule has 2 bridgehead atoms. The molecule has 0 radical (unpaired) electrons. The molecule has 158 valence electrons. The van der Waals surface area contributed by atoms with Crippen molar-refractivity contribution in [2.75, 3.05) is 6.54 Å². The molecule has 0 aromatic heterocycles. The highest BCUT2D eigenvalue weighted by Gasteiger charge is 2.55. The van der Waals surface area contributed by atoms with E-state index in [0.717, 1.165) is 39.2 Å². The average Bonchev–Trinajstić information content (AvgIpc) is 3.04. The normalized spacial score (nSPS) is 25.1. The molecule has 0 saturated heterocycles. The monoisotopic (exact) mass is 476 g/mol. The van der Waals surface area contributed by atoms with Crippen molar-refractivity contribution in [2.24, 2.45) is 5.92 Å². The van der Waals surface area contributed by atoms with Crippen LogP contribution in [0.3, 0.4) is 0 Å². The van der Waals surface area contributed by atoms with E-state index in [0.29, 0.717) is 12.1 Å². The Morgan fingerprint density at radius 2 is 2.03 bits per heavy atom. The highest BCUT2D eigenvalue weighted by atomic mass is 79.9. The highest BCUT2D eigenvalue weighted by Crippen LogP contribution is 2.53. The molecule has 4 nitrogen and oxygen atoms in total. The van der Waals surface area contributed by atoms with Crippen molar-refractivity contribution in [3.8, 4) is 0 Å². The molecule has 31 heavy (non-hydrogen) atoms. The standard InChI is InChI=1S/C26H25BrN2O2/c1-3-11-29-24(30)14-19-12-18-13-22(26(19,29)15-23(18)27)25(31)28-16(2)20-10-6-8-17-7-4-5-9-21(17)20/h4-10,13-16,18H,3,11-12H2,1-2H3,(H,28,31)/t16-,18+,26?/m1/s1. The van der Waals surface area contributed by atoms with Crippen LogP contribution in [0.5, 0.6) is 0 Å². The first-order valence-electron chi connectivity index (χ1n) is 10.9. The zero-order valence-corrected chi connectivity index (χ0v) is 19.3. The molecule has 2 aromatic rings. The smallest absolute Gasteiger partial charge is 0.250 e. The summed E-state index contributed by atoms with van der Waals surface area (Å²) in [5, 5.41) is 5.52. The number of amides is 2. The number of benzene rings is 2. The van der Waals surface area contributed by atoms with E-state index in [-0.39, 0.29) is 23.8 Å². The van der Waals surface area contributed by atoms with Gasteiger partial charge in [0.25, 0.3) is 0 Å². The lowest BCUT2D eigenvalue weighted by molar-refractivity contribution is -0.127. The minimum Gasteiger partial charge on any atom is -0.346 e. The molecular weight excluding hydrogens is 452 g/mol. The van der Waals surface area contributed by atoms with Gasteiger partial charge in [-0.2, -0.15) is 0 Å². The molecule has 2 amide bonds. The number of rotatable bonds is 5. The summed E-state index contributed by atoms with van der Waals surface area (Å²) in [6, 6.07) is 14.2. The van der Waals surface area contributed by atoms with Crippen LogP contribution in [0, 0.1) is 5.92 Å². The van der Waals surface area contributed by atoms with Gasteiger partial charge in [-0.3, -0.25) is 9.59 Å². The molecule has 3 aliphatic carbocycles. The summed E-state index contributed by atoms with van der Waals surface area (Å²) in [5.41, 5.74) is 2.03. The second kappa shape index (κ2) is 7.49. The molecule has 2 aromatic carbocycles. The lowest BCUT2D eigenvalue weighted by atomic mass is 9.67. The van der Waals surface area contributed by atoms with Gasteiger partial charge >= 0.3 is 0 Å². The second-order valence-corrected chi connectivity index (χ2v) is 9.53. The Kier molecular flexibility index (Phi) is 4.89. The fourth-order valence-corrected chi connectivity index (χ4v) is 5.94. The molecule has 1 unspecified atom stereocenters. The molecule has 1 spiro atoms. The fourth-order valence-electron chi connectivity index (χ4n) is 5.31. The first-order valence-corrected chi connectivity index (χ1v) is 11.7. The summed E-state index contributed by atoms with van der Waals surface area (Å²) in [6.45, 7) is 4.69. The predicted octanol–water partition coefficient (Wildman–Crippen LogP) is 5.17. The minimum absolute atomic E-state index is 0.00301. The third-order valence-electron chi connectivity index (χ3n) is 6.73. The van der Waals surface area contributed by atoms with E-state index < -0.39 is 5.54 Å². The Morgan fingerprint density at radius 1 is 1.26 bits per heavy atom. The van der Waals surface area contributed by atoms with E-state index in [1.807, 2.05) is 36.1 Å². The predicted molar refractivity (Wildman–Crippen MR) is 127 cm³/mol. The van der Waals surface area contributed by atoms with Crippen molar-refractivity contribution in [1.82, 2.24) is 10.2 Å². The highest BCUT2D eigenvalue weighted by molar-refractivity contribution is 9.11. The van der Waals surface area contributed by atoms with Gasteiger partial charge in [-0.1, -0.05) is 71.4 Å². The van der Waals surface area contributed by atoms with Crippen molar-refractivity contribution < 1.29 is 9.59 Å². The van der Waals surface area contributed by atoms with Crippen LogP contribution in [-0.2, 0) is 9.59 Å². The Hall–Kier alpha value is -2.66. The second-order valence-electron chi connectivity index (χ2n) is 8.61. The maximum Gasteiger partial charge on any atom is 0.250 e. The average molecular weight is 477 g/mol. The van der Waals surface area contributed by atoms with Gasteiger partial charge in [0.15, 0.2) is 0 Å². The molecule has 1 heterocycles. The van der Waals surface area contributed by atoms with Crippen molar-refractivity contribution >= 4 is 38.5 Å². The van der Waals surface area contributed by atoms with Crippen LogP contribution in [0.1, 0.15) is 38.3 Å². The van der Waals surface area contributed by atoms with Crippen molar-refractivity contribution in [3.05, 3.63) is 81.9 Å². The van der Waals surface area contributed by atoms with E-state index in [2.05, 4.69) is 58.5 Å². The van der Waals surface area contributed by atoms with E-state index >= 15 is 0 Å². The van der Waals surface area contributed by atoms with Gasteiger partial charge in [-0.25, -0.2) is 0 Å². The van der Waals surface area contributed by atoms with Gasteiger partial charge in [0, 0.05) is 28.6 Å². The van der Waals surface area contributed by atoms with Crippen LogP contribution in [0.15, 0.2) is 76.3 Å². The molecule has 0 fully saturated rings. The molecule has 0 saturated carbocycles. The number of hydrogen-bond acceptors (Lipinski definition) is 2. The lowest BCUT2D eigenvalue weighted by Gasteiger charge is -2.47. The van der Waals surface area contributed by atoms with Gasteiger partial charge in [0.2, 0.25) is 11.8 Å². The number of carbonyl (C=O) groups is 2. The third-order valence-corrected chi connectivity index (χ3v) is 7.54. The van der Waals surface area contributed by atoms with Crippen LogP contribution in [0.25, 0.3) is 10.8 Å². The zero-order valence-electron chi connectivity index (χ0n) is 17.7. The summed E-state index contributed by atoms with van der Waals surface area (Å²) in [6.07, 6.45) is 7.48. The SMILES string of the molecule is CCCN1C(=O)C=C2C[C@H]3C=C(C(=O)N[C@H](C)c4cccc5ccccc45)C21C=C3Br. The van der Waals surface area contributed by atoms with Crippen molar-refractivity contribution in [1.29, 1.82) is 0 Å². The van der Waals surface area contributed by atoms with Gasteiger partial charge < -0.3 is 10.2 Å². The molecule has 5 heteroatoms. The minimum atomic E-state index is -0.761. The molecule has 4 aliphatic rings. The number of nitrogens with one attached hydrogen (secondary N) is 1. The Balaban J connectivity index is 1.50. The van der Waals surface area contributed by atoms with Gasteiger partial charge in [-0.15, -0.1) is 0 Å². The Labute approximate surface area is 190 Å². The topological polar surface area (TPSA) is 49.4 Å². The summed E-state index contributed by atoms with van der Waals surface area (Å²) in [5.74, 6) is -0.00375. The quantitative estimate of drug-likeness (QED) is 0.646. The Bertz CT molecular complexity index is 1190. The first kappa shape index (κ1) is 20.3. The molecule has 1 aliphatic heterocycles. The number of allylic oxidation sites excluding steroid dienone is 2. The summed E-state index contributed by atoms with van der Waals surface area (Å²) >= 11 is 3.69. The number of hydrogen-bond donors (Lipinski definition) is 1. The van der Waals surface area contributed by atoms with Gasteiger partial charge in [-0.05, 0) is 47.8 Å². The van der Waals surface area contributed by atoms with Crippen LogP contribution in [-0.4, -0.2) is 28.8 Å². The van der Waals surface area contributed by atoms with Crippen LogP contribution in [0.4, 0.5) is 0 Å². The van der Waals surface area contributed by atoms with Crippen LogP contribution < -0.4 is 5.32 Å². The third kappa shape index (κ3) is 3.01. The largest absolute Gasteiger partial charge is 0.346 e.